The van der Waals surface area contributed by atoms with Gasteiger partial charge in [0.2, 0.25) is 11.7 Å². The molecule has 1 aliphatic heterocycles. The molecule has 1 aromatic heterocycles. The fraction of sp³-hybridized carbons (Fsp3) is 0.214. The van der Waals surface area contributed by atoms with Crippen LogP contribution < -0.4 is 14.8 Å². The number of nitrogens with one attached hydrogen (secondary N) is 1. The highest BCUT2D eigenvalue weighted by Crippen LogP contribution is 2.35. The first kappa shape index (κ1) is 27.5. The zero-order valence-electron chi connectivity index (χ0n) is 21.7. The molecule has 1 N–H and O–H groups in total. The third kappa shape index (κ3) is 6.50. The van der Waals surface area contributed by atoms with E-state index in [1.165, 1.54) is 20.3 Å². The quantitative estimate of drug-likeness (QED) is 0.291. The number of benzene rings is 2. The summed E-state index contributed by atoms with van der Waals surface area (Å²) in [6, 6.07) is 13.6. The van der Waals surface area contributed by atoms with Gasteiger partial charge in [-0.05, 0) is 84.8 Å². The van der Waals surface area contributed by atoms with E-state index in [4.69, 9.17) is 13.9 Å². The van der Waals surface area contributed by atoms with Crippen LogP contribution in [0, 0.1) is 13.8 Å². The Balaban J connectivity index is 1.41. The first-order valence-electron chi connectivity index (χ1n) is 11.8. The predicted molar refractivity (Wildman–Crippen MR) is 145 cm³/mol. The summed E-state index contributed by atoms with van der Waals surface area (Å²) in [5.41, 5.74) is 3.29. The van der Waals surface area contributed by atoms with Crippen molar-refractivity contribution in [3.05, 3.63) is 81.6 Å². The predicted octanol–water partition coefficient (Wildman–Crippen LogP) is 4.95. The molecule has 0 saturated carbocycles. The van der Waals surface area contributed by atoms with Crippen LogP contribution in [-0.2, 0) is 20.9 Å². The second-order valence-corrected chi connectivity index (χ2v) is 9.56. The summed E-state index contributed by atoms with van der Waals surface area (Å²) in [5.74, 6) is -0.349. The van der Waals surface area contributed by atoms with Crippen molar-refractivity contribution in [2.75, 3.05) is 26.1 Å². The second kappa shape index (κ2) is 11.9. The largest absolute Gasteiger partial charge is 0.493 e. The van der Waals surface area contributed by atoms with Gasteiger partial charge in [-0.1, -0.05) is 12.1 Å². The molecule has 1 aliphatic rings. The van der Waals surface area contributed by atoms with Crippen LogP contribution in [0.2, 0.25) is 0 Å². The van der Waals surface area contributed by atoms with Crippen molar-refractivity contribution in [3.8, 4) is 11.5 Å². The van der Waals surface area contributed by atoms with E-state index in [0.717, 1.165) is 27.8 Å². The Bertz CT molecular complexity index is 1480. The van der Waals surface area contributed by atoms with Crippen molar-refractivity contribution >= 4 is 46.5 Å². The molecule has 0 spiro atoms. The van der Waals surface area contributed by atoms with Gasteiger partial charge >= 0.3 is 5.97 Å². The van der Waals surface area contributed by atoms with Gasteiger partial charge in [0.05, 0.1) is 19.1 Å². The zero-order chi connectivity index (χ0) is 28.1. The number of hydrogen-bond donors (Lipinski definition) is 1. The van der Waals surface area contributed by atoms with Gasteiger partial charge in [0.15, 0.2) is 11.5 Å². The van der Waals surface area contributed by atoms with Crippen LogP contribution in [0.4, 0.5) is 10.5 Å². The van der Waals surface area contributed by atoms with Crippen LogP contribution in [0.5, 0.6) is 11.5 Å². The van der Waals surface area contributed by atoms with E-state index >= 15 is 0 Å². The van der Waals surface area contributed by atoms with Gasteiger partial charge in [-0.2, -0.15) is 0 Å². The molecule has 11 heteroatoms. The SMILES string of the molecule is COC(=O)c1ccc(COc2ccc(/C=C3/SC(=O)N(CC(=O)Nc4ccc(C)c(C)c4)C3=O)cc2OC)o1. The number of aryl methyl sites for hydroxylation is 2. The summed E-state index contributed by atoms with van der Waals surface area (Å²) in [4.78, 5) is 50.5. The van der Waals surface area contributed by atoms with E-state index in [-0.39, 0.29) is 17.3 Å². The van der Waals surface area contributed by atoms with Crippen molar-refractivity contribution in [3.63, 3.8) is 0 Å². The summed E-state index contributed by atoms with van der Waals surface area (Å²) in [7, 11) is 2.73. The minimum atomic E-state index is -0.588. The number of esters is 1. The van der Waals surface area contributed by atoms with E-state index < -0.39 is 29.6 Å². The highest BCUT2D eigenvalue weighted by molar-refractivity contribution is 8.18. The number of carbonyl (C=O) groups excluding carboxylic acids is 4. The second-order valence-electron chi connectivity index (χ2n) is 8.57. The number of hydrogen-bond acceptors (Lipinski definition) is 9. The van der Waals surface area contributed by atoms with Gasteiger partial charge < -0.3 is 23.9 Å². The number of nitrogens with zero attached hydrogens (tertiary/aromatic N) is 1. The molecule has 0 bridgehead atoms. The number of furan rings is 1. The van der Waals surface area contributed by atoms with Gasteiger partial charge in [0.1, 0.15) is 18.9 Å². The van der Waals surface area contributed by atoms with Gasteiger partial charge in [-0.25, -0.2) is 4.79 Å². The van der Waals surface area contributed by atoms with Crippen LogP contribution in [-0.4, -0.2) is 48.7 Å². The minimum absolute atomic E-state index is 0.0375. The van der Waals surface area contributed by atoms with Crippen molar-refractivity contribution in [2.45, 2.75) is 20.5 Å². The van der Waals surface area contributed by atoms with Gasteiger partial charge in [-0.15, -0.1) is 0 Å². The summed E-state index contributed by atoms with van der Waals surface area (Å²) >= 11 is 0.757. The number of imide groups is 1. The van der Waals surface area contributed by atoms with Crippen molar-refractivity contribution in [1.82, 2.24) is 4.90 Å². The molecule has 3 amide bonds. The third-order valence-corrected chi connectivity index (χ3v) is 6.78. The van der Waals surface area contributed by atoms with E-state index in [2.05, 4.69) is 10.1 Å². The standard InChI is InChI=1S/C28H26N2O8S/c1-16-5-7-19(11-17(16)2)29-25(31)14-30-26(32)24(39-28(30)34)13-18-6-9-21(23(12-18)35-3)37-15-20-8-10-22(38-20)27(33)36-4/h5-13H,14-15H2,1-4H3,(H,29,31)/b24-13+. The summed E-state index contributed by atoms with van der Waals surface area (Å²) < 4.78 is 21.2. The molecule has 1 saturated heterocycles. The lowest BCUT2D eigenvalue weighted by molar-refractivity contribution is -0.127. The van der Waals surface area contributed by atoms with Gasteiger partial charge in [0.25, 0.3) is 11.1 Å². The number of carbonyl (C=O) groups is 4. The molecular formula is C28H26N2O8S. The fourth-order valence-electron chi connectivity index (χ4n) is 3.66. The molecule has 0 atom stereocenters. The molecule has 2 heterocycles. The molecule has 0 radical (unpaired) electrons. The Labute approximate surface area is 228 Å². The lowest BCUT2D eigenvalue weighted by Gasteiger charge is -2.13. The minimum Gasteiger partial charge on any atom is -0.493 e. The Morgan fingerprint density at radius 2 is 1.79 bits per heavy atom. The lowest BCUT2D eigenvalue weighted by Crippen LogP contribution is -2.36. The highest BCUT2D eigenvalue weighted by Gasteiger charge is 2.36. The van der Waals surface area contributed by atoms with E-state index in [9.17, 15) is 19.2 Å². The lowest BCUT2D eigenvalue weighted by atomic mass is 10.1. The maximum absolute atomic E-state index is 12.9. The Morgan fingerprint density at radius 3 is 2.51 bits per heavy atom. The van der Waals surface area contributed by atoms with Crippen LogP contribution >= 0.6 is 11.8 Å². The molecular weight excluding hydrogens is 524 g/mol. The van der Waals surface area contributed by atoms with E-state index in [1.807, 2.05) is 26.0 Å². The normalized spacial score (nSPS) is 14.1. The Morgan fingerprint density at radius 1 is 1.00 bits per heavy atom. The average Bonchev–Trinajstić information content (AvgIpc) is 3.50. The van der Waals surface area contributed by atoms with Crippen LogP contribution in [0.25, 0.3) is 6.08 Å². The Kier molecular flexibility index (Phi) is 8.40. The van der Waals surface area contributed by atoms with Crippen LogP contribution in [0.3, 0.4) is 0 Å². The molecule has 3 aromatic rings. The van der Waals surface area contributed by atoms with Crippen molar-refractivity contribution in [1.29, 1.82) is 0 Å². The van der Waals surface area contributed by atoms with Gasteiger partial charge in [0, 0.05) is 5.69 Å². The monoisotopic (exact) mass is 550 g/mol. The molecule has 202 valence electrons. The molecule has 0 aliphatic carbocycles. The smallest absolute Gasteiger partial charge is 0.373 e. The molecule has 2 aromatic carbocycles. The first-order valence-corrected chi connectivity index (χ1v) is 12.6. The topological polar surface area (TPSA) is 124 Å². The Hall–Kier alpha value is -4.51. The van der Waals surface area contributed by atoms with E-state index in [0.29, 0.717) is 28.5 Å². The van der Waals surface area contributed by atoms with E-state index in [1.54, 1.807) is 36.4 Å². The average molecular weight is 551 g/mol. The number of amides is 3. The number of anilines is 1. The van der Waals surface area contributed by atoms with Crippen LogP contribution in [0.1, 0.15) is 33.0 Å². The fourth-order valence-corrected chi connectivity index (χ4v) is 4.50. The zero-order valence-corrected chi connectivity index (χ0v) is 22.5. The summed E-state index contributed by atoms with van der Waals surface area (Å²) in [5, 5.41) is 2.19. The molecule has 1 fully saturated rings. The first-order chi connectivity index (χ1) is 18.7. The summed E-state index contributed by atoms with van der Waals surface area (Å²) in [6.45, 7) is 3.54. The highest BCUT2D eigenvalue weighted by atomic mass is 32.2. The maximum atomic E-state index is 12.9. The molecule has 39 heavy (non-hydrogen) atoms. The van der Waals surface area contributed by atoms with Crippen molar-refractivity contribution < 1.29 is 37.8 Å². The third-order valence-electron chi connectivity index (χ3n) is 5.87. The molecule has 4 rings (SSSR count). The van der Waals surface area contributed by atoms with Crippen molar-refractivity contribution in [2.24, 2.45) is 0 Å². The number of methoxy groups -OCH3 is 2. The maximum Gasteiger partial charge on any atom is 0.373 e. The van der Waals surface area contributed by atoms with Gasteiger partial charge in [-0.3, -0.25) is 19.3 Å². The van der Waals surface area contributed by atoms with Crippen LogP contribution in [0.15, 0.2) is 57.9 Å². The summed E-state index contributed by atoms with van der Waals surface area (Å²) in [6.07, 6.45) is 1.55. The number of thioether (sulfide) groups is 1. The number of rotatable bonds is 9. The number of ether oxygens (including phenoxy) is 3. The molecule has 10 nitrogen and oxygen atoms in total. The molecule has 0 unspecified atom stereocenters.